The number of amides is 3. The Morgan fingerprint density at radius 3 is 2.55 bits per heavy atom. The Bertz CT molecular complexity index is 2030. The Hall–Kier alpha value is -5.54. The minimum Gasteiger partial charge on any atom is -0.347 e. The molecule has 0 saturated carbocycles. The highest BCUT2D eigenvalue weighted by atomic mass is 35.5. The van der Waals surface area contributed by atoms with Crippen molar-refractivity contribution in [2.24, 2.45) is 7.05 Å². The lowest BCUT2D eigenvalue weighted by Gasteiger charge is -2.20. The second-order valence-corrected chi connectivity index (χ2v) is 12.3. The monoisotopic (exact) mass is 652 g/mol. The number of anilines is 2. The van der Waals surface area contributed by atoms with E-state index in [1.165, 1.54) is 17.6 Å². The first kappa shape index (κ1) is 32.8. The summed E-state index contributed by atoms with van der Waals surface area (Å²) in [6.07, 6.45) is 2.72. The summed E-state index contributed by atoms with van der Waals surface area (Å²) in [6.45, 7) is 9.18. The molecule has 2 atom stereocenters. The lowest BCUT2D eigenvalue weighted by molar-refractivity contribution is -0.128. The highest BCUT2D eigenvalue weighted by molar-refractivity contribution is 6.33. The Morgan fingerprint density at radius 1 is 1.11 bits per heavy atom. The fourth-order valence-electron chi connectivity index (χ4n) is 5.40. The summed E-state index contributed by atoms with van der Waals surface area (Å²) in [4.78, 5) is 61.5. The van der Waals surface area contributed by atoms with Gasteiger partial charge in [-0.3, -0.25) is 23.7 Å². The number of pyridine rings is 1. The standard InChI is InChI=1S/C34H33ClN8O4/c1-6-29(45)39-27-16-43(19(2)44)17-28(27)40-33-37-15-21-13-25(32(47)42(5)30(21)41-33)24-12-20(10-11-26(24)35)31(46)38-23-9-7-8-22(14-23)34(3,4)18-36/h6-15,27-28H,1,16-17H2,2-5H3,(H,38,46)(H,39,45)(H,37,40,41). The van der Waals surface area contributed by atoms with Gasteiger partial charge in [-0.1, -0.05) is 30.3 Å². The number of halogens is 1. The number of rotatable bonds is 8. The fourth-order valence-corrected chi connectivity index (χ4v) is 5.62. The van der Waals surface area contributed by atoms with Crippen LogP contribution in [0.15, 0.2) is 72.2 Å². The van der Waals surface area contributed by atoms with Gasteiger partial charge in [-0.25, -0.2) is 4.98 Å². The number of likely N-dealkylation sites (tertiary alicyclic amines) is 1. The molecule has 0 radical (unpaired) electrons. The largest absolute Gasteiger partial charge is 0.347 e. The number of hydrogen-bond donors (Lipinski definition) is 3. The zero-order valence-electron chi connectivity index (χ0n) is 26.3. The van der Waals surface area contributed by atoms with E-state index in [2.05, 4.69) is 38.6 Å². The number of nitriles is 1. The molecule has 2 aromatic heterocycles. The number of carbonyl (C=O) groups is 3. The van der Waals surface area contributed by atoms with Gasteiger partial charge in [0.15, 0.2) is 0 Å². The number of nitrogens with one attached hydrogen (secondary N) is 3. The molecule has 47 heavy (non-hydrogen) atoms. The van der Waals surface area contributed by atoms with Crippen molar-refractivity contribution in [2.45, 2.75) is 38.3 Å². The molecule has 3 N–H and O–H groups in total. The predicted octanol–water partition coefficient (Wildman–Crippen LogP) is 4.02. The minimum atomic E-state index is -0.733. The van der Waals surface area contributed by atoms with Gasteiger partial charge in [-0.05, 0) is 61.9 Å². The van der Waals surface area contributed by atoms with Crippen LogP contribution in [0.4, 0.5) is 11.6 Å². The normalized spacial score (nSPS) is 16.0. The lowest BCUT2D eigenvalue weighted by atomic mass is 9.86. The molecule has 12 nitrogen and oxygen atoms in total. The Balaban J connectivity index is 1.43. The Labute approximate surface area is 276 Å². The Morgan fingerprint density at radius 2 is 1.85 bits per heavy atom. The quantitative estimate of drug-likeness (QED) is 0.241. The lowest BCUT2D eigenvalue weighted by Crippen LogP contribution is -2.45. The van der Waals surface area contributed by atoms with Crippen LogP contribution in [-0.4, -0.2) is 62.3 Å². The molecule has 1 aliphatic heterocycles. The minimum absolute atomic E-state index is 0.129. The van der Waals surface area contributed by atoms with E-state index in [4.69, 9.17) is 11.6 Å². The van der Waals surface area contributed by atoms with Crippen molar-refractivity contribution in [3.8, 4) is 17.2 Å². The summed E-state index contributed by atoms with van der Waals surface area (Å²) in [5.74, 6) is -0.692. The van der Waals surface area contributed by atoms with Gasteiger partial charge in [0.2, 0.25) is 17.8 Å². The Kier molecular flexibility index (Phi) is 9.12. The molecule has 1 aliphatic rings. The van der Waals surface area contributed by atoms with Crippen molar-refractivity contribution in [1.29, 1.82) is 5.26 Å². The third-order valence-electron chi connectivity index (χ3n) is 8.18. The van der Waals surface area contributed by atoms with Crippen molar-refractivity contribution in [2.75, 3.05) is 23.7 Å². The van der Waals surface area contributed by atoms with Crippen LogP contribution in [0.25, 0.3) is 22.2 Å². The van der Waals surface area contributed by atoms with Crippen LogP contribution in [0, 0.1) is 11.3 Å². The van der Waals surface area contributed by atoms with E-state index in [9.17, 15) is 24.4 Å². The molecule has 0 bridgehead atoms. The second-order valence-electron chi connectivity index (χ2n) is 11.9. The topological polar surface area (TPSA) is 162 Å². The SMILES string of the molecule is C=CC(=O)NC1CN(C(C)=O)CC1Nc1ncc2cc(-c3cc(C(=O)Nc4cccc(C(C)(C)C#N)c4)ccc3Cl)c(=O)n(C)c2n1. The summed E-state index contributed by atoms with van der Waals surface area (Å²) < 4.78 is 1.37. The molecule has 13 heteroatoms. The van der Waals surface area contributed by atoms with E-state index in [-0.39, 0.29) is 40.0 Å². The maximum absolute atomic E-state index is 13.6. The highest BCUT2D eigenvalue weighted by Crippen LogP contribution is 2.30. The molecular weight excluding hydrogens is 620 g/mol. The van der Waals surface area contributed by atoms with Crippen LogP contribution in [-0.2, 0) is 22.1 Å². The molecule has 1 fully saturated rings. The summed E-state index contributed by atoms with van der Waals surface area (Å²) in [5.41, 5.74) is 1.39. The number of benzene rings is 2. The van der Waals surface area contributed by atoms with Crippen LogP contribution in [0.5, 0.6) is 0 Å². The van der Waals surface area contributed by atoms with E-state index in [1.54, 1.807) is 74.5 Å². The van der Waals surface area contributed by atoms with Gasteiger partial charge >= 0.3 is 0 Å². The van der Waals surface area contributed by atoms with Gasteiger partial charge in [0.05, 0.1) is 23.6 Å². The third kappa shape index (κ3) is 6.85. The molecule has 240 valence electrons. The van der Waals surface area contributed by atoms with Crippen molar-refractivity contribution in [1.82, 2.24) is 24.8 Å². The molecule has 3 amide bonds. The number of nitrogens with zero attached hydrogens (tertiary/aromatic N) is 5. The second kappa shape index (κ2) is 13.1. The maximum Gasteiger partial charge on any atom is 0.259 e. The van der Waals surface area contributed by atoms with Crippen LogP contribution >= 0.6 is 11.6 Å². The van der Waals surface area contributed by atoms with E-state index < -0.39 is 22.9 Å². The first-order chi connectivity index (χ1) is 22.3. The fraction of sp³-hybridized carbons (Fsp3) is 0.265. The maximum atomic E-state index is 13.6. The van der Waals surface area contributed by atoms with E-state index in [0.29, 0.717) is 35.4 Å². The van der Waals surface area contributed by atoms with Gasteiger partial charge in [0.1, 0.15) is 5.65 Å². The van der Waals surface area contributed by atoms with Gasteiger partial charge in [-0.15, -0.1) is 0 Å². The van der Waals surface area contributed by atoms with Gasteiger partial charge in [0, 0.05) is 66.0 Å². The van der Waals surface area contributed by atoms with Crippen LogP contribution < -0.4 is 21.5 Å². The summed E-state index contributed by atoms with van der Waals surface area (Å²) >= 11 is 6.56. The van der Waals surface area contributed by atoms with Gasteiger partial charge in [-0.2, -0.15) is 10.2 Å². The first-order valence-corrected chi connectivity index (χ1v) is 15.1. The molecule has 3 heterocycles. The summed E-state index contributed by atoms with van der Waals surface area (Å²) in [6, 6.07) is 14.9. The van der Waals surface area contributed by atoms with Gasteiger partial charge in [0.25, 0.3) is 11.5 Å². The number of fused-ring (bicyclic) bond motifs is 1. The zero-order valence-corrected chi connectivity index (χ0v) is 27.1. The number of aryl methyl sites for hydroxylation is 1. The number of aromatic nitrogens is 3. The average molecular weight is 653 g/mol. The first-order valence-electron chi connectivity index (χ1n) is 14.8. The van der Waals surface area contributed by atoms with Crippen molar-refractivity contribution in [3.05, 3.63) is 93.9 Å². The van der Waals surface area contributed by atoms with Crippen molar-refractivity contribution < 1.29 is 14.4 Å². The molecule has 2 unspecified atom stereocenters. The predicted molar refractivity (Wildman–Crippen MR) is 180 cm³/mol. The molecule has 0 spiro atoms. The van der Waals surface area contributed by atoms with Crippen molar-refractivity contribution >= 4 is 52.0 Å². The molecular formula is C34H33ClN8O4. The molecule has 1 saturated heterocycles. The van der Waals surface area contributed by atoms with Gasteiger partial charge < -0.3 is 20.9 Å². The molecule has 2 aromatic carbocycles. The summed E-state index contributed by atoms with van der Waals surface area (Å²) in [7, 11) is 1.57. The summed E-state index contributed by atoms with van der Waals surface area (Å²) in [5, 5.41) is 19.2. The molecule has 4 aromatic rings. The van der Waals surface area contributed by atoms with Crippen LogP contribution in [0.3, 0.4) is 0 Å². The number of hydrogen-bond acceptors (Lipinski definition) is 8. The van der Waals surface area contributed by atoms with Crippen molar-refractivity contribution in [3.63, 3.8) is 0 Å². The van der Waals surface area contributed by atoms with Crippen LogP contribution in [0.1, 0.15) is 36.7 Å². The van der Waals surface area contributed by atoms with E-state index in [0.717, 1.165) is 5.56 Å². The third-order valence-corrected chi connectivity index (χ3v) is 8.51. The molecule has 0 aliphatic carbocycles. The number of carbonyl (C=O) groups excluding carboxylic acids is 3. The highest BCUT2D eigenvalue weighted by Gasteiger charge is 2.35. The average Bonchev–Trinajstić information content (AvgIpc) is 3.45. The smallest absolute Gasteiger partial charge is 0.259 e. The van der Waals surface area contributed by atoms with E-state index >= 15 is 0 Å². The zero-order chi connectivity index (χ0) is 34.0. The van der Waals surface area contributed by atoms with Crippen LogP contribution in [0.2, 0.25) is 5.02 Å². The van der Waals surface area contributed by atoms with E-state index in [1.807, 2.05) is 6.07 Å². The molecule has 5 rings (SSSR count).